The third kappa shape index (κ3) is 7.18. The van der Waals surface area contributed by atoms with Gasteiger partial charge in [-0.05, 0) is 69.4 Å². The standard InChI is InChI=1S/C40H47N9O6S/c1-24(2)55-32-22-28-33(21-26(32)36(51)41-27-7-6-14-44(3)38(27)53)56-39(42-28)48-19-17-46(18-20-48)23-25-12-15-47(16-13-25)29-8-5-9-30-35(29)45(4)40(54)49(30)31-10-11-34(50)43-37(31)52/h5-9,14,21-22,24-25,31H,10-13,15-20,23H2,1-4H3,(H,41,51)(H,43,50,52). The van der Waals surface area contributed by atoms with Crippen molar-refractivity contribution in [1.29, 1.82) is 0 Å². The van der Waals surface area contributed by atoms with Crippen LogP contribution >= 0.6 is 11.3 Å². The van der Waals surface area contributed by atoms with E-state index in [9.17, 15) is 24.0 Å². The van der Waals surface area contributed by atoms with Gasteiger partial charge >= 0.3 is 5.69 Å². The van der Waals surface area contributed by atoms with E-state index in [1.807, 2.05) is 38.1 Å². The van der Waals surface area contributed by atoms with E-state index in [1.165, 1.54) is 4.57 Å². The maximum Gasteiger partial charge on any atom is 0.329 e. The lowest BCUT2D eigenvalue weighted by Crippen LogP contribution is -2.49. The van der Waals surface area contributed by atoms with Crippen LogP contribution in [0.3, 0.4) is 0 Å². The number of carbonyl (C=O) groups is 3. The van der Waals surface area contributed by atoms with Gasteiger partial charge in [0, 0.05) is 78.6 Å². The van der Waals surface area contributed by atoms with E-state index in [0.29, 0.717) is 29.2 Å². The summed E-state index contributed by atoms with van der Waals surface area (Å²) in [4.78, 5) is 76.1. The molecule has 6 heterocycles. The van der Waals surface area contributed by atoms with Crippen LogP contribution in [0.5, 0.6) is 5.75 Å². The Kier molecular flexibility index (Phi) is 10.2. The highest BCUT2D eigenvalue weighted by molar-refractivity contribution is 7.22. The summed E-state index contributed by atoms with van der Waals surface area (Å²) in [6.45, 7) is 10.1. The number of imidazole rings is 1. The molecule has 16 heteroatoms. The Morgan fingerprint density at radius 3 is 2.46 bits per heavy atom. The highest BCUT2D eigenvalue weighted by Crippen LogP contribution is 2.36. The number of rotatable bonds is 9. The number of aromatic nitrogens is 4. The Labute approximate surface area is 327 Å². The van der Waals surface area contributed by atoms with Crippen LogP contribution in [-0.2, 0) is 23.7 Å². The van der Waals surface area contributed by atoms with Crippen molar-refractivity contribution in [3.63, 3.8) is 0 Å². The quantitative estimate of drug-likeness (QED) is 0.212. The number of para-hydroxylation sites is 1. The summed E-state index contributed by atoms with van der Waals surface area (Å²) in [5.41, 5.74) is 3.30. The van der Waals surface area contributed by atoms with E-state index >= 15 is 0 Å². The number of hydrogen-bond acceptors (Lipinski definition) is 11. The number of nitrogens with one attached hydrogen (secondary N) is 2. The number of fused-ring (bicyclic) bond motifs is 2. The van der Waals surface area contributed by atoms with Crippen molar-refractivity contribution in [2.75, 3.05) is 60.9 Å². The maximum atomic E-state index is 13.5. The topological polar surface area (TPSA) is 156 Å². The van der Waals surface area contributed by atoms with Crippen molar-refractivity contribution in [2.24, 2.45) is 20.0 Å². The molecule has 294 valence electrons. The van der Waals surface area contributed by atoms with Crippen LogP contribution in [0.4, 0.5) is 16.5 Å². The van der Waals surface area contributed by atoms with Crippen molar-refractivity contribution in [3.05, 3.63) is 75.1 Å². The van der Waals surface area contributed by atoms with Gasteiger partial charge in [-0.25, -0.2) is 9.78 Å². The van der Waals surface area contributed by atoms with E-state index in [-0.39, 0.29) is 35.4 Å². The van der Waals surface area contributed by atoms with E-state index in [4.69, 9.17) is 9.72 Å². The molecule has 0 spiro atoms. The van der Waals surface area contributed by atoms with Crippen LogP contribution in [0.1, 0.15) is 55.9 Å². The molecule has 0 bridgehead atoms. The second-order valence-corrected chi connectivity index (χ2v) is 16.3. The van der Waals surface area contributed by atoms with Gasteiger partial charge in [-0.15, -0.1) is 0 Å². The molecule has 2 N–H and O–H groups in total. The summed E-state index contributed by atoms with van der Waals surface area (Å²) in [6.07, 6.45) is 4.07. The van der Waals surface area contributed by atoms with Crippen LogP contribution in [0.2, 0.25) is 0 Å². The lowest BCUT2D eigenvalue weighted by Gasteiger charge is -2.39. The number of nitrogens with zero attached hydrogens (tertiary/aromatic N) is 7. The number of piperidine rings is 2. The molecule has 8 rings (SSSR count). The molecule has 15 nitrogen and oxygen atoms in total. The minimum absolute atomic E-state index is 0.161. The van der Waals surface area contributed by atoms with Gasteiger partial charge in [0.25, 0.3) is 11.5 Å². The Morgan fingerprint density at radius 2 is 1.73 bits per heavy atom. The van der Waals surface area contributed by atoms with E-state index < -0.39 is 17.9 Å². The van der Waals surface area contributed by atoms with Crippen molar-refractivity contribution in [1.82, 2.24) is 28.9 Å². The predicted molar refractivity (Wildman–Crippen MR) is 217 cm³/mol. The Morgan fingerprint density at radius 1 is 0.964 bits per heavy atom. The van der Waals surface area contributed by atoms with Gasteiger partial charge in [0.05, 0.1) is 38.6 Å². The molecule has 5 aromatic rings. The molecular formula is C40H47N9O6S. The molecule has 1 atom stereocenters. The summed E-state index contributed by atoms with van der Waals surface area (Å²) in [7, 11) is 3.40. The smallest absolute Gasteiger partial charge is 0.329 e. The van der Waals surface area contributed by atoms with Crippen molar-refractivity contribution < 1.29 is 19.1 Å². The summed E-state index contributed by atoms with van der Waals surface area (Å²) in [5.74, 6) is -0.160. The number of hydrogen-bond donors (Lipinski definition) is 2. The van der Waals surface area contributed by atoms with Crippen LogP contribution in [0, 0.1) is 5.92 Å². The lowest BCUT2D eigenvalue weighted by molar-refractivity contribution is -0.135. The summed E-state index contributed by atoms with van der Waals surface area (Å²) >= 11 is 1.56. The molecule has 2 aromatic carbocycles. The highest BCUT2D eigenvalue weighted by Gasteiger charge is 2.33. The first-order valence-electron chi connectivity index (χ1n) is 19.3. The monoisotopic (exact) mass is 781 g/mol. The van der Waals surface area contributed by atoms with Crippen LogP contribution in [0.25, 0.3) is 21.3 Å². The van der Waals surface area contributed by atoms with Crippen molar-refractivity contribution in [3.8, 4) is 5.75 Å². The minimum atomic E-state index is -0.706. The fourth-order valence-electron chi connectivity index (χ4n) is 8.23. The lowest BCUT2D eigenvalue weighted by atomic mass is 9.95. The fourth-order valence-corrected chi connectivity index (χ4v) is 9.27. The Hall–Kier alpha value is -5.48. The van der Waals surface area contributed by atoms with Gasteiger partial charge in [0.2, 0.25) is 11.8 Å². The first-order chi connectivity index (χ1) is 26.9. The summed E-state index contributed by atoms with van der Waals surface area (Å²) in [6, 6.07) is 12.1. The largest absolute Gasteiger partial charge is 0.490 e. The van der Waals surface area contributed by atoms with Crippen molar-refractivity contribution >= 4 is 66.8 Å². The number of amides is 3. The average molecular weight is 782 g/mol. The zero-order valence-corrected chi connectivity index (χ0v) is 32.9. The number of thiazole rings is 1. The maximum absolute atomic E-state index is 13.5. The number of pyridine rings is 1. The number of piperazine rings is 1. The van der Waals surface area contributed by atoms with E-state index in [0.717, 1.165) is 85.2 Å². The van der Waals surface area contributed by atoms with E-state index in [1.54, 1.807) is 52.9 Å². The summed E-state index contributed by atoms with van der Waals surface area (Å²) in [5, 5.41) is 6.07. The number of carbonyl (C=O) groups excluding carboxylic acids is 3. The Bertz CT molecular complexity index is 2450. The average Bonchev–Trinajstić information content (AvgIpc) is 3.71. The molecule has 0 radical (unpaired) electrons. The van der Waals surface area contributed by atoms with Crippen molar-refractivity contribution in [2.45, 2.75) is 51.7 Å². The van der Waals surface area contributed by atoms with Crippen LogP contribution < -0.4 is 36.4 Å². The third-order valence-electron chi connectivity index (χ3n) is 11.2. The highest BCUT2D eigenvalue weighted by atomic mass is 32.1. The molecular weight excluding hydrogens is 735 g/mol. The zero-order valence-electron chi connectivity index (χ0n) is 32.1. The third-order valence-corrected chi connectivity index (χ3v) is 12.3. The molecule has 0 aliphatic carbocycles. The molecule has 3 aliphatic heterocycles. The minimum Gasteiger partial charge on any atom is -0.490 e. The fraction of sp³-hybridized carbons (Fsp3) is 0.450. The molecule has 3 aromatic heterocycles. The molecule has 0 saturated carbocycles. The first kappa shape index (κ1) is 37.4. The zero-order chi connectivity index (χ0) is 39.2. The summed E-state index contributed by atoms with van der Waals surface area (Å²) < 4.78 is 11.5. The number of ether oxygens (including phenoxy) is 1. The van der Waals surface area contributed by atoms with E-state index in [2.05, 4.69) is 31.4 Å². The SMILES string of the molecule is CC(C)Oc1cc2nc(N3CCN(CC4CCN(c5cccc6c5n(C)c(=O)n6C5CCC(=O)NC5=O)CC4)CC3)sc2cc1C(=O)Nc1cccn(C)c1=O. The predicted octanol–water partition coefficient (Wildman–Crippen LogP) is 3.70. The van der Waals surface area contributed by atoms with Gasteiger partial charge in [0.1, 0.15) is 17.5 Å². The van der Waals surface area contributed by atoms with Crippen LogP contribution in [-0.4, -0.2) is 93.2 Å². The molecule has 1 unspecified atom stereocenters. The molecule has 3 fully saturated rings. The van der Waals surface area contributed by atoms with Gasteiger partial charge in [-0.3, -0.25) is 38.5 Å². The van der Waals surface area contributed by atoms with Gasteiger partial charge in [-0.1, -0.05) is 17.4 Å². The van der Waals surface area contributed by atoms with Gasteiger partial charge < -0.3 is 24.4 Å². The van der Waals surface area contributed by atoms with Gasteiger partial charge in [-0.2, -0.15) is 0 Å². The normalized spacial score (nSPS) is 18.6. The first-order valence-corrected chi connectivity index (χ1v) is 20.1. The second-order valence-electron chi connectivity index (χ2n) is 15.3. The molecule has 56 heavy (non-hydrogen) atoms. The second kappa shape index (κ2) is 15.2. The number of aryl methyl sites for hydroxylation is 2. The Balaban J connectivity index is 0.898. The molecule has 3 amide bonds. The molecule has 3 aliphatic rings. The van der Waals surface area contributed by atoms with Gasteiger partial charge in [0.15, 0.2) is 5.13 Å². The molecule has 3 saturated heterocycles. The number of imide groups is 1. The number of anilines is 3. The number of benzene rings is 2. The van der Waals surface area contributed by atoms with Crippen LogP contribution in [0.15, 0.2) is 58.3 Å².